The minimum atomic E-state index is -0.636. The summed E-state index contributed by atoms with van der Waals surface area (Å²) in [5.74, 6) is 1.56. The summed E-state index contributed by atoms with van der Waals surface area (Å²) in [6.07, 6.45) is 5.73. The summed E-state index contributed by atoms with van der Waals surface area (Å²) in [5.41, 5.74) is 0.657. The molecule has 0 N–H and O–H groups in total. The first kappa shape index (κ1) is 24.6. The minimum absolute atomic E-state index is 0.121. The fraction of sp³-hybridized carbons (Fsp3) is 0.583. The molecule has 0 aromatic heterocycles. The zero-order valence-electron chi connectivity index (χ0n) is 19.3. The summed E-state index contributed by atoms with van der Waals surface area (Å²) in [4.78, 5) is 24.3. The van der Waals surface area contributed by atoms with E-state index >= 15 is 0 Å². The number of ether oxygens (including phenoxy) is 5. The van der Waals surface area contributed by atoms with Crippen molar-refractivity contribution in [3.05, 3.63) is 23.8 Å². The molecular formula is C24H34O7. The van der Waals surface area contributed by atoms with E-state index in [1.165, 1.54) is 27.4 Å². The molecule has 31 heavy (non-hydrogen) atoms. The molecule has 172 valence electrons. The highest BCUT2D eigenvalue weighted by Gasteiger charge is 2.33. The third-order valence-corrected chi connectivity index (χ3v) is 5.68. The van der Waals surface area contributed by atoms with E-state index in [0.29, 0.717) is 40.6 Å². The second-order valence-corrected chi connectivity index (χ2v) is 8.25. The number of hydrogen-bond acceptors (Lipinski definition) is 7. The smallest absolute Gasteiger partial charge is 0.344 e. The summed E-state index contributed by atoms with van der Waals surface area (Å²) < 4.78 is 26.6. The molecule has 1 saturated carbocycles. The van der Waals surface area contributed by atoms with Crippen molar-refractivity contribution in [3.63, 3.8) is 0 Å². The van der Waals surface area contributed by atoms with Gasteiger partial charge in [-0.25, -0.2) is 9.59 Å². The van der Waals surface area contributed by atoms with Gasteiger partial charge in [-0.3, -0.25) is 0 Å². The summed E-state index contributed by atoms with van der Waals surface area (Å²) in [7, 11) is 4.55. The first-order valence-corrected chi connectivity index (χ1v) is 10.6. The third kappa shape index (κ3) is 6.91. The molecule has 0 aliphatic heterocycles. The van der Waals surface area contributed by atoms with Gasteiger partial charge in [0.25, 0.3) is 0 Å². The van der Waals surface area contributed by atoms with Gasteiger partial charge in [0.05, 0.1) is 21.3 Å². The fourth-order valence-electron chi connectivity index (χ4n) is 3.99. The van der Waals surface area contributed by atoms with Gasteiger partial charge in [-0.1, -0.05) is 27.2 Å². The van der Waals surface area contributed by atoms with Crippen LogP contribution in [0, 0.1) is 17.8 Å². The van der Waals surface area contributed by atoms with Crippen LogP contribution in [0.15, 0.2) is 18.2 Å². The molecule has 0 heterocycles. The van der Waals surface area contributed by atoms with Crippen LogP contribution in [0.2, 0.25) is 0 Å². The van der Waals surface area contributed by atoms with Gasteiger partial charge in [0.1, 0.15) is 6.10 Å². The highest BCUT2D eigenvalue weighted by Crippen LogP contribution is 2.38. The van der Waals surface area contributed by atoms with Crippen molar-refractivity contribution in [2.45, 2.75) is 46.1 Å². The molecular weight excluding hydrogens is 400 g/mol. The SMILES string of the molecule is COc1cc(C=CC(=O)OCC(=O)OC2CC(C)CCC2C(C)C)cc(OC)c1OC. The second kappa shape index (κ2) is 11.6. The lowest BCUT2D eigenvalue weighted by atomic mass is 9.75. The van der Waals surface area contributed by atoms with Crippen LogP contribution in [-0.4, -0.2) is 46.0 Å². The lowest BCUT2D eigenvalue weighted by molar-refractivity contribution is -0.165. The molecule has 1 aromatic rings. The minimum Gasteiger partial charge on any atom is -0.493 e. The van der Waals surface area contributed by atoms with Gasteiger partial charge < -0.3 is 23.7 Å². The second-order valence-electron chi connectivity index (χ2n) is 8.25. The van der Waals surface area contributed by atoms with Gasteiger partial charge in [0.2, 0.25) is 5.75 Å². The largest absolute Gasteiger partial charge is 0.493 e. The van der Waals surface area contributed by atoms with Gasteiger partial charge in [0.15, 0.2) is 18.1 Å². The topological polar surface area (TPSA) is 80.3 Å². The van der Waals surface area contributed by atoms with Crippen LogP contribution in [0.25, 0.3) is 6.08 Å². The number of esters is 2. The first-order valence-electron chi connectivity index (χ1n) is 10.6. The van der Waals surface area contributed by atoms with Crippen LogP contribution < -0.4 is 14.2 Å². The molecule has 3 unspecified atom stereocenters. The first-order chi connectivity index (χ1) is 14.8. The number of methoxy groups -OCH3 is 3. The quantitative estimate of drug-likeness (QED) is 0.424. The van der Waals surface area contributed by atoms with Crippen molar-refractivity contribution in [2.75, 3.05) is 27.9 Å². The highest BCUT2D eigenvalue weighted by atomic mass is 16.6. The van der Waals surface area contributed by atoms with E-state index in [9.17, 15) is 9.59 Å². The predicted octanol–water partition coefficient (Wildman–Crippen LogP) is 4.27. The number of benzene rings is 1. The lowest BCUT2D eigenvalue weighted by Crippen LogP contribution is -2.36. The number of carbonyl (C=O) groups is 2. The number of rotatable bonds is 9. The Morgan fingerprint density at radius 2 is 1.71 bits per heavy atom. The number of carbonyl (C=O) groups excluding carboxylic acids is 2. The maximum atomic E-state index is 12.2. The van der Waals surface area contributed by atoms with Crippen LogP contribution in [0.5, 0.6) is 17.2 Å². The van der Waals surface area contributed by atoms with E-state index in [-0.39, 0.29) is 6.10 Å². The van der Waals surface area contributed by atoms with E-state index in [1.807, 2.05) is 0 Å². The molecule has 2 rings (SSSR count). The molecule has 0 saturated heterocycles. The zero-order chi connectivity index (χ0) is 23.0. The molecule has 1 aliphatic carbocycles. The van der Waals surface area contributed by atoms with Crippen LogP contribution in [0.3, 0.4) is 0 Å². The zero-order valence-corrected chi connectivity index (χ0v) is 19.3. The summed E-state index contributed by atoms with van der Waals surface area (Å²) in [5, 5.41) is 0. The molecule has 1 aliphatic rings. The van der Waals surface area contributed by atoms with Gasteiger partial charge in [0, 0.05) is 6.08 Å². The standard InChI is InChI=1S/C24H34O7/c1-15(2)18-9-7-16(3)11-19(18)31-23(26)14-30-22(25)10-8-17-12-20(27-4)24(29-6)21(13-17)28-5/h8,10,12-13,15-16,18-19H,7,9,11,14H2,1-6H3. The van der Waals surface area contributed by atoms with Gasteiger partial charge in [-0.2, -0.15) is 0 Å². The van der Waals surface area contributed by atoms with E-state index in [0.717, 1.165) is 19.3 Å². The Kier molecular flexibility index (Phi) is 9.21. The van der Waals surface area contributed by atoms with Crippen molar-refractivity contribution in [1.82, 2.24) is 0 Å². The van der Waals surface area contributed by atoms with Crippen LogP contribution >= 0.6 is 0 Å². The predicted molar refractivity (Wildman–Crippen MR) is 117 cm³/mol. The van der Waals surface area contributed by atoms with Crippen molar-refractivity contribution in [2.24, 2.45) is 17.8 Å². The molecule has 0 amide bonds. The molecule has 0 bridgehead atoms. The highest BCUT2D eigenvalue weighted by molar-refractivity contribution is 5.88. The van der Waals surface area contributed by atoms with Crippen LogP contribution in [-0.2, 0) is 19.1 Å². The monoisotopic (exact) mass is 434 g/mol. The van der Waals surface area contributed by atoms with Crippen LogP contribution in [0.4, 0.5) is 0 Å². The van der Waals surface area contributed by atoms with Crippen molar-refractivity contribution >= 4 is 18.0 Å². The van der Waals surface area contributed by atoms with Gasteiger partial charge in [-0.05, 0) is 54.4 Å². The Balaban J connectivity index is 1.92. The van der Waals surface area contributed by atoms with Crippen LogP contribution in [0.1, 0.15) is 45.6 Å². The van der Waals surface area contributed by atoms with Gasteiger partial charge in [-0.15, -0.1) is 0 Å². The summed E-state index contributed by atoms with van der Waals surface area (Å²) >= 11 is 0. The van der Waals surface area contributed by atoms with Crippen molar-refractivity contribution in [1.29, 1.82) is 0 Å². The fourth-order valence-corrected chi connectivity index (χ4v) is 3.99. The summed E-state index contributed by atoms with van der Waals surface area (Å²) in [6.45, 7) is 6.06. The maximum Gasteiger partial charge on any atom is 0.344 e. The Morgan fingerprint density at radius 1 is 1.06 bits per heavy atom. The van der Waals surface area contributed by atoms with E-state index in [1.54, 1.807) is 18.2 Å². The molecule has 1 aromatic carbocycles. The van der Waals surface area contributed by atoms with E-state index < -0.39 is 18.5 Å². The van der Waals surface area contributed by atoms with Crippen molar-refractivity contribution in [3.8, 4) is 17.2 Å². The van der Waals surface area contributed by atoms with E-state index in [2.05, 4.69) is 20.8 Å². The van der Waals surface area contributed by atoms with Crippen molar-refractivity contribution < 1.29 is 33.3 Å². The normalized spacial score (nSPS) is 21.1. The lowest BCUT2D eigenvalue weighted by Gasteiger charge is -2.36. The summed E-state index contributed by atoms with van der Waals surface area (Å²) in [6, 6.07) is 3.41. The Hall–Kier alpha value is -2.70. The molecule has 3 atom stereocenters. The molecule has 1 fully saturated rings. The average molecular weight is 435 g/mol. The third-order valence-electron chi connectivity index (χ3n) is 5.68. The molecule has 0 spiro atoms. The maximum absolute atomic E-state index is 12.2. The average Bonchev–Trinajstić information content (AvgIpc) is 2.75. The molecule has 0 radical (unpaired) electrons. The molecule has 7 heteroatoms. The Bertz CT molecular complexity index is 759. The Labute approximate surface area is 184 Å². The molecule has 7 nitrogen and oxygen atoms in total. The Morgan fingerprint density at radius 3 is 2.26 bits per heavy atom. The number of hydrogen-bond donors (Lipinski definition) is 0. The van der Waals surface area contributed by atoms with Gasteiger partial charge >= 0.3 is 11.9 Å². The van der Waals surface area contributed by atoms with E-state index in [4.69, 9.17) is 23.7 Å².